The van der Waals surface area contributed by atoms with Gasteiger partial charge in [-0.25, -0.2) is 0 Å². The Kier molecular flexibility index (Phi) is 3.91. The van der Waals surface area contributed by atoms with Crippen molar-refractivity contribution in [3.8, 4) is 0 Å². The Morgan fingerprint density at radius 2 is 1.75 bits per heavy atom. The van der Waals surface area contributed by atoms with Gasteiger partial charge >= 0.3 is 0 Å². The van der Waals surface area contributed by atoms with Crippen molar-refractivity contribution in [2.75, 3.05) is 6.54 Å². The molecule has 2 unspecified atom stereocenters. The number of rotatable bonds is 3. The van der Waals surface area contributed by atoms with E-state index >= 15 is 0 Å². The zero-order valence-electron chi connectivity index (χ0n) is 10.8. The van der Waals surface area contributed by atoms with Gasteiger partial charge in [-0.1, -0.05) is 13.8 Å². The molecule has 0 bridgehead atoms. The van der Waals surface area contributed by atoms with Crippen LogP contribution in [0.1, 0.15) is 58.8 Å². The van der Waals surface area contributed by atoms with E-state index in [4.69, 9.17) is 0 Å². The first kappa shape index (κ1) is 12.4. The Morgan fingerprint density at radius 1 is 1.06 bits per heavy atom. The van der Waals surface area contributed by atoms with Gasteiger partial charge in [-0.2, -0.15) is 0 Å². The molecule has 2 fully saturated rings. The molecule has 2 N–H and O–H groups in total. The summed E-state index contributed by atoms with van der Waals surface area (Å²) < 4.78 is 0. The average Bonchev–Trinajstić information content (AvgIpc) is 2.67. The van der Waals surface area contributed by atoms with Crippen LogP contribution >= 0.6 is 0 Å². The van der Waals surface area contributed by atoms with Gasteiger partial charge in [0.25, 0.3) is 0 Å². The molecule has 16 heavy (non-hydrogen) atoms. The second-order valence-corrected chi connectivity index (χ2v) is 6.40. The third kappa shape index (κ3) is 3.21. The lowest BCUT2D eigenvalue weighted by atomic mass is 9.79. The summed E-state index contributed by atoms with van der Waals surface area (Å²) in [6.45, 7) is 5.45. The molecule has 94 valence electrons. The lowest BCUT2D eigenvalue weighted by Crippen LogP contribution is -2.46. The molecule has 0 heterocycles. The van der Waals surface area contributed by atoms with Crippen molar-refractivity contribution in [1.29, 1.82) is 0 Å². The zero-order chi connectivity index (χ0) is 11.6. The van der Waals surface area contributed by atoms with E-state index in [1.807, 2.05) is 0 Å². The topological polar surface area (TPSA) is 32.3 Å². The van der Waals surface area contributed by atoms with Gasteiger partial charge < -0.3 is 10.4 Å². The van der Waals surface area contributed by atoms with Crippen molar-refractivity contribution in [3.05, 3.63) is 0 Å². The Morgan fingerprint density at radius 3 is 2.31 bits per heavy atom. The summed E-state index contributed by atoms with van der Waals surface area (Å²) in [5.41, 5.74) is -0.404. The number of hydrogen-bond acceptors (Lipinski definition) is 2. The molecule has 2 saturated carbocycles. The SMILES string of the molecule is CC1CCC(O)(CNC2CCC(C)C2)CC1. The Bertz CT molecular complexity index is 221. The molecule has 2 heteroatoms. The van der Waals surface area contributed by atoms with Crippen molar-refractivity contribution >= 4 is 0 Å². The van der Waals surface area contributed by atoms with E-state index in [9.17, 15) is 5.11 Å². The molecule has 0 aromatic rings. The summed E-state index contributed by atoms with van der Waals surface area (Å²) in [6, 6.07) is 0.665. The molecule has 0 aliphatic heterocycles. The van der Waals surface area contributed by atoms with E-state index in [1.165, 1.54) is 32.1 Å². The highest BCUT2D eigenvalue weighted by Crippen LogP contribution is 2.32. The van der Waals surface area contributed by atoms with Crippen LogP contribution in [0.25, 0.3) is 0 Å². The van der Waals surface area contributed by atoms with Gasteiger partial charge in [0, 0.05) is 12.6 Å². The van der Waals surface area contributed by atoms with Crippen LogP contribution in [-0.4, -0.2) is 23.3 Å². The van der Waals surface area contributed by atoms with Crippen molar-refractivity contribution in [1.82, 2.24) is 5.32 Å². The summed E-state index contributed by atoms with van der Waals surface area (Å²) in [5, 5.41) is 14.0. The van der Waals surface area contributed by atoms with Crippen LogP contribution in [0.5, 0.6) is 0 Å². The zero-order valence-corrected chi connectivity index (χ0v) is 10.8. The monoisotopic (exact) mass is 225 g/mol. The van der Waals surface area contributed by atoms with Crippen molar-refractivity contribution in [3.63, 3.8) is 0 Å². The summed E-state index contributed by atoms with van der Waals surface area (Å²) >= 11 is 0. The molecule has 0 radical (unpaired) electrons. The first-order chi connectivity index (χ1) is 7.57. The highest BCUT2D eigenvalue weighted by molar-refractivity contribution is 4.89. The van der Waals surface area contributed by atoms with E-state index in [0.717, 1.165) is 31.2 Å². The molecular weight excluding hydrogens is 198 g/mol. The minimum absolute atomic E-state index is 0.404. The smallest absolute Gasteiger partial charge is 0.0771 e. The molecular formula is C14H27NO. The van der Waals surface area contributed by atoms with Crippen LogP contribution in [0.15, 0.2) is 0 Å². The Labute approximate surface area is 99.8 Å². The van der Waals surface area contributed by atoms with E-state index < -0.39 is 5.60 Å². The normalized spacial score (nSPS) is 44.8. The van der Waals surface area contributed by atoms with Crippen molar-refractivity contribution < 1.29 is 5.11 Å². The van der Waals surface area contributed by atoms with Gasteiger partial charge in [0.1, 0.15) is 0 Å². The molecule has 0 aromatic heterocycles. The highest BCUT2D eigenvalue weighted by Gasteiger charge is 2.32. The highest BCUT2D eigenvalue weighted by atomic mass is 16.3. The Hall–Kier alpha value is -0.0800. The van der Waals surface area contributed by atoms with Crippen LogP contribution in [0.3, 0.4) is 0 Å². The number of hydrogen-bond donors (Lipinski definition) is 2. The lowest BCUT2D eigenvalue weighted by molar-refractivity contribution is -0.00808. The van der Waals surface area contributed by atoms with Gasteiger partial charge in [0.15, 0.2) is 0 Å². The van der Waals surface area contributed by atoms with Gasteiger partial charge in [-0.05, 0) is 56.8 Å². The average molecular weight is 225 g/mol. The van der Waals surface area contributed by atoms with Crippen LogP contribution in [-0.2, 0) is 0 Å². The van der Waals surface area contributed by atoms with E-state index in [2.05, 4.69) is 19.2 Å². The third-order valence-electron chi connectivity index (χ3n) is 4.62. The minimum Gasteiger partial charge on any atom is -0.389 e. The molecule has 0 amide bonds. The van der Waals surface area contributed by atoms with E-state index in [0.29, 0.717) is 6.04 Å². The summed E-state index contributed by atoms with van der Waals surface area (Å²) in [5.74, 6) is 1.69. The molecule has 0 saturated heterocycles. The number of aliphatic hydroxyl groups is 1. The molecule has 2 aliphatic rings. The summed E-state index contributed by atoms with van der Waals surface area (Å²) in [4.78, 5) is 0. The van der Waals surface area contributed by atoms with Crippen LogP contribution in [0.2, 0.25) is 0 Å². The fraction of sp³-hybridized carbons (Fsp3) is 1.00. The first-order valence-electron chi connectivity index (χ1n) is 7.03. The van der Waals surface area contributed by atoms with Crippen LogP contribution in [0, 0.1) is 11.8 Å². The fourth-order valence-corrected chi connectivity index (χ4v) is 3.20. The molecule has 0 aromatic carbocycles. The van der Waals surface area contributed by atoms with Gasteiger partial charge in [0.05, 0.1) is 5.60 Å². The maximum absolute atomic E-state index is 10.5. The maximum Gasteiger partial charge on any atom is 0.0771 e. The maximum atomic E-state index is 10.5. The number of nitrogens with one attached hydrogen (secondary N) is 1. The van der Waals surface area contributed by atoms with Gasteiger partial charge in [-0.3, -0.25) is 0 Å². The predicted octanol–water partition coefficient (Wildman–Crippen LogP) is 2.71. The molecule has 2 aliphatic carbocycles. The Balaban J connectivity index is 1.72. The summed E-state index contributed by atoms with van der Waals surface area (Å²) in [6.07, 6.45) is 8.32. The van der Waals surface area contributed by atoms with E-state index in [1.54, 1.807) is 0 Å². The molecule has 2 nitrogen and oxygen atoms in total. The summed E-state index contributed by atoms with van der Waals surface area (Å²) in [7, 11) is 0. The van der Waals surface area contributed by atoms with Crippen LogP contribution in [0.4, 0.5) is 0 Å². The predicted molar refractivity (Wildman–Crippen MR) is 67.4 cm³/mol. The molecule has 2 rings (SSSR count). The molecule has 2 atom stereocenters. The standard InChI is InChI=1S/C14H27NO/c1-11-5-7-14(16,8-6-11)10-15-13-4-3-12(2)9-13/h11-13,15-16H,3-10H2,1-2H3. The van der Waals surface area contributed by atoms with Crippen molar-refractivity contribution in [2.24, 2.45) is 11.8 Å². The largest absolute Gasteiger partial charge is 0.389 e. The quantitative estimate of drug-likeness (QED) is 0.774. The third-order valence-corrected chi connectivity index (χ3v) is 4.62. The van der Waals surface area contributed by atoms with Gasteiger partial charge in [0.2, 0.25) is 0 Å². The van der Waals surface area contributed by atoms with E-state index in [-0.39, 0.29) is 0 Å². The van der Waals surface area contributed by atoms with Gasteiger partial charge in [-0.15, -0.1) is 0 Å². The van der Waals surface area contributed by atoms with Crippen molar-refractivity contribution in [2.45, 2.75) is 70.4 Å². The van der Waals surface area contributed by atoms with Crippen LogP contribution < -0.4 is 5.32 Å². The first-order valence-corrected chi connectivity index (χ1v) is 7.03. The second kappa shape index (κ2) is 5.05. The fourth-order valence-electron chi connectivity index (χ4n) is 3.20. The second-order valence-electron chi connectivity index (χ2n) is 6.40. The minimum atomic E-state index is -0.404. The lowest BCUT2D eigenvalue weighted by Gasteiger charge is -2.36. The molecule has 0 spiro atoms.